The van der Waals surface area contributed by atoms with Gasteiger partial charge < -0.3 is 16.2 Å². The Morgan fingerprint density at radius 1 is 1.50 bits per heavy atom. The molecule has 0 aromatic heterocycles. The van der Waals surface area contributed by atoms with E-state index in [1.807, 2.05) is 39.0 Å². The molecule has 4 N–H and O–H groups in total. The second-order valence-electron chi connectivity index (χ2n) is 4.94. The molecular formula is C13H19BrN2O2. The van der Waals surface area contributed by atoms with Crippen molar-refractivity contribution in [3.05, 3.63) is 28.2 Å². The third-order valence-electron chi connectivity index (χ3n) is 3.22. The predicted octanol–water partition coefficient (Wildman–Crippen LogP) is 3.08. The fourth-order valence-corrected chi connectivity index (χ4v) is 2.25. The molecule has 100 valence electrons. The third-order valence-corrected chi connectivity index (χ3v) is 3.96. The maximum atomic E-state index is 10.9. The van der Waals surface area contributed by atoms with Crippen LogP contribution in [0.25, 0.3) is 0 Å². The minimum atomic E-state index is -0.757. The normalized spacial score (nSPS) is 13.1. The van der Waals surface area contributed by atoms with Gasteiger partial charge in [0.1, 0.15) is 5.60 Å². The first-order valence-corrected chi connectivity index (χ1v) is 6.54. The average molecular weight is 315 g/mol. The van der Waals surface area contributed by atoms with Crippen molar-refractivity contribution in [1.82, 2.24) is 0 Å². The molecule has 0 aliphatic heterocycles. The van der Waals surface area contributed by atoms with Gasteiger partial charge >= 0.3 is 6.09 Å². The highest BCUT2D eigenvalue weighted by molar-refractivity contribution is 9.10. The van der Waals surface area contributed by atoms with E-state index in [4.69, 9.17) is 16.2 Å². The van der Waals surface area contributed by atoms with Gasteiger partial charge in [-0.1, -0.05) is 28.9 Å². The van der Waals surface area contributed by atoms with Crippen molar-refractivity contribution in [3.8, 4) is 0 Å². The van der Waals surface area contributed by atoms with Gasteiger partial charge in [0, 0.05) is 10.2 Å². The van der Waals surface area contributed by atoms with Gasteiger partial charge in [0.25, 0.3) is 0 Å². The van der Waals surface area contributed by atoms with E-state index in [9.17, 15) is 4.79 Å². The summed E-state index contributed by atoms with van der Waals surface area (Å²) in [6.45, 7) is 5.69. The minimum absolute atomic E-state index is 0.0889. The van der Waals surface area contributed by atoms with Crippen LogP contribution in [-0.2, 0) is 11.2 Å². The summed E-state index contributed by atoms with van der Waals surface area (Å²) in [4.78, 5) is 10.9. The Kier molecular flexibility index (Phi) is 4.62. The molecule has 0 saturated carbocycles. The van der Waals surface area contributed by atoms with Gasteiger partial charge in [-0.15, -0.1) is 0 Å². The van der Waals surface area contributed by atoms with Crippen molar-refractivity contribution < 1.29 is 9.53 Å². The maximum Gasteiger partial charge on any atom is 0.405 e. The Labute approximate surface area is 116 Å². The number of carbonyl (C=O) groups excluding carboxylic acids is 1. The largest absolute Gasteiger partial charge is 0.443 e. The first-order valence-electron chi connectivity index (χ1n) is 5.75. The van der Waals surface area contributed by atoms with E-state index >= 15 is 0 Å². The summed E-state index contributed by atoms with van der Waals surface area (Å²) in [6.07, 6.45) is -0.0555. The molecule has 1 aromatic rings. The molecule has 1 unspecified atom stereocenters. The number of nitrogen functional groups attached to an aromatic ring is 1. The topological polar surface area (TPSA) is 78.3 Å². The number of primary amides is 1. The number of anilines is 1. The number of ether oxygens (including phenoxy) is 1. The average Bonchev–Trinajstić information content (AvgIpc) is 2.21. The minimum Gasteiger partial charge on any atom is -0.443 e. The van der Waals surface area contributed by atoms with Crippen molar-refractivity contribution in [3.63, 3.8) is 0 Å². The molecule has 0 saturated heterocycles. The zero-order valence-electron chi connectivity index (χ0n) is 10.9. The van der Waals surface area contributed by atoms with Gasteiger partial charge in [0.05, 0.1) is 0 Å². The zero-order valence-corrected chi connectivity index (χ0v) is 12.5. The molecule has 4 nitrogen and oxygen atoms in total. The molecule has 0 aliphatic carbocycles. The molecule has 0 spiro atoms. The molecule has 5 heteroatoms. The Morgan fingerprint density at radius 2 is 2.11 bits per heavy atom. The molecule has 0 fully saturated rings. The Hall–Kier alpha value is -1.23. The van der Waals surface area contributed by atoms with E-state index in [-0.39, 0.29) is 5.92 Å². The van der Waals surface area contributed by atoms with E-state index in [2.05, 4.69) is 15.9 Å². The van der Waals surface area contributed by atoms with Crippen molar-refractivity contribution in [2.75, 3.05) is 5.73 Å². The van der Waals surface area contributed by atoms with Crippen molar-refractivity contribution >= 4 is 27.7 Å². The van der Waals surface area contributed by atoms with Crippen LogP contribution in [0, 0.1) is 5.92 Å². The van der Waals surface area contributed by atoms with E-state index in [1.165, 1.54) is 0 Å². The molecular weight excluding hydrogens is 296 g/mol. The van der Waals surface area contributed by atoms with Gasteiger partial charge in [-0.2, -0.15) is 0 Å². The SMILES string of the molecule is CC(Cc1c(N)cccc1Br)C(C)(C)OC(N)=O. The lowest BCUT2D eigenvalue weighted by molar-refractivity contribution is 0.00479. The van der Waals surface area contributed by atoms with Crippen molar-refractivity contribution in [2.24, 2.45) is 11.7 Å². The standard InChI is InChI=1S/C13H19BrN2O2/c1-8(13(2,3)18-12(16)17)7-9-10(14)5-4-6-11(9)15/h4-6,8H,7,15H2,1-3H3,(H2,16,17). The van der Waals surface area contributed by atoms with Crippen LogP contribution in [-0.4, -0.2) is 11.7 Å². The summed E-state index contributed by atoms with van der Waals surface area (Å²) >= 11 is 3.48. The second-order valence-corrected chi connectivity index (χ2v) is 5.79. The summed E-state index contributed by atoms with van der Waals surface area (Å²) in [5.74, 6) is 0.0889. The molecule has 1 aromatic carbocycles. The van der Waals surface area contributed by atoms with Crippen LogP contribution in [0.2, 0.25) is 0 Å². The van der Waals surface area contributed by atoms with Crippen LogP contribution < -0.4 is 11.5 Å². The summed E-state index contributed by atoms with van der Waals surface area (Å²) in [5.41, 5.74) is 12.1. The smallest absolute Gasteiger partial charge is 0.405 e. The molecule has 0 bridgehead atoms. The fraction of sp³-hybridized carbons (Fsp3) is 0.462. The van der Waals surface area contributed by atoms with Crippen LogP contribution in [0.3, 0.4) is 0 Å². The fourth-order valence-electron chi connectivity index (χ4n) is 1.70. The maximum absolute atomic E-state index is 10.9. The first-order chi connectivity index (χ1) is 8.24. The highest BCUT2D eigenvalue weighted by Crippen LogP contribution is 2.30. The molecule has 1 atom stereocenters. The van der Waals surface area contributed by atoms with E-state index in [0.29, 0.717) is 6.42 Å². The number of hydrogen-bond donors (Lipinski definition) is 2. The van der Waals surface area contributed by atoms with Gasteiger partial charge in [-0.25, -0.2) is 4.79 Å². The van der Waals surface area contributed by atoms with Gasteiger partial charge in [0.2, 0.25) is 0 Å². The number of nitrogens with two attached hydrogens (primary N) is 2. The molecule has 0 aliphatic rings. The lowest BCUT2D eigenvalue weighted by atomic mass is 9.86. The van der Waals surface area contributed by atoms with Crippen molar-refractivity contribution in [1.29, 1.82) is 0 Å². The predicted molar refractivity (Wildman–Crippen MR) is 76.2 cm³/mol. The van der Waals surface area contributed by atoms with Crippen LogP contribution in [0.15, 0.2) is 22.7 Å². The summed E-state index contributed by atoms with van der Waals surface area (Å²) in [6, 6.07) is 5.69. The summed E-state index contributed by atoms with van der Waals surface area (Å²) < 4.78 is 6.10. The number of amides is 1. The molecule has 0 heterocycles. The van der Waals surface area contributed by atoms with Gasteiger partial charge in [-0.05, 0) is 43.9 Å². The lowest BCUT2D eigenvalue weighted by Crippen LogP contribution is -2.38. The number of carbonyl (C=O) groups is 1. The Morgan fingerprint density at radius 3 is 2.61 bits per heavy atom. The quantitative estimate of drug-likeness (QED) is 0.838. The van der Waals surface area contributed by atoms with E-state index in [1.54, 1.807) is 0 Å². The third kappa shape index (κ3) is 3.63. The number of rotatable bonds is 4. The molecule has 18 heavy (non-hydrogen) atoms. The van der Waals surface area contributed by atoms with E-state index in [0.717, 1.165) is 15.7 Å². The molecule has 0 radical (unpaired) electrons. The molecule has 1 amide bonds. The van der Waals surface area contributed by atoms with Crippen LogP contribution in [0.1, 0.15) is 26.3 Å². The van der Waals surface area contributed by atoms with E-state index < -0.39 is 11.7 Å². The summed E-state index contributed by atoms with van der Waals surface area (Å²) in [5, 5.41) is 0. The number of benzene rings is 1. The monoisotopic (exact) mass is 314 g/mol. The summed E-state index contributed by atoms with van der Waals surface area (Å²) in [7, 11) is 0. The van der Waals surface area contributed by atoms with Crippen LogP contribution in [0.4, 0.5) is 10.5 Å². The number of hydrogen-bond acceptors (Lipinski definition) is 3. The Bertz CT molecular complexity index is 426. The van der Waals surface area contributed by atoms with Crippen LogP contribution in [0.5, 0.6) is 0 Å². The highest BCUT2D eigenvalue weighted by atomic mass is 79.9. The molecule has 1 rings (SSSR count). The highest BCUT2D eigenvalue weighted by Gasteiger charge is 2.30. The second kappa shape index (κ2) is 5.61. The van der Waals surface area contributed by atoms with Crippen LogP contribution >= 0.6 is 15.9 Å². The lowest BCUT2D eigenvalue weighted by Gasteiger charge is -2.31. The first kappa shape index (κ1) is 14.8. The zero-order chi connectivity index (χ0) is 13.9. The number of halogens is 1. The van der Waals surface area contributed by atoms with Crippen molar-refractivity contribution in [2.45, 2.75) is 32.8 Å². The van der Waals surface area contributed by atoms with Gasteiger partial charge in [-0.3, -0.25) is 0 Å². The van der Waals surface area contributed by atoms with Gasteiger partial charge in [0.15, 0.2) is 0 Å². The Balaban J connectivity index is 2.87.